The summed E-state index contributed by atoms with van der Waals surface area (Å²) in [6, 6.07) is 8.61. The first-order valence-electron chi connectivity index (χ1n) is 12.2. The summed E-state index contributed by atoms with van der Waals surface area (Å²) in [6.07, 6.45) is 7.83. The Labute approximate surface area is 208 Å². The summed E-state index contributed by atoms with van der Waals surface area (Å²) >= 11 is 0. The molecule has 0 radical (unpaired) electrons. The Hall–Kier alpha value is -3.37. The molecule has 0 bridgehead atoms. The fourth-order valence-corrected chi connectivity index (χ4v) is 6.99. The first-order chi connectivity index (χ1) is 17.2. The Kier molecular flexibility index (Phi) is 5.34. The van der Waals surface area contributed by atoms with Crippen LogP contribution in [0.4, 0.5) is 0 Å². The van der Waals surface area contributed by atoms with E-state index in [-0.39, 0.29) is 23.3 Å². The van der Waals surface area contributed by atoms with Crippen LogP contribution in [0.2, 0.25) is 0 Å². The number of sulfonamides is 1. The van der Waals surface area contributed by atoms with E-state index >= 15 is 0 Å². The van der Waals surface area contributed by atoms with Crippen LogP contribution in [-0.2, 0) is 10.0 Å². The molecule has 2 aliphatic carbocycles. The molecule has 1 aromatic carbocycles. The van der Waals surface area contributed by atoms with Gasteiger partial charge in [-0.2, -0.15) is 0 Å². The highest BCUT2D eigenvalue weighted by atomic mass is 32.2. The van der Waals surface area contributed by atoms with Gasteiger partial charge in [-0.25, -0.2) is 23.1 Å². The molecule has 2 aliphatic rings. The van der Waals surface area contributed by atoms with Gasteiger partial charge in [0.2, 0.25) is 10.0 Å². The second kappa shape index (κ2) is 8.35. The second-order valence-electron chi connectivity index (χ2n) is 10.1. The molecule has 4 aromatic rings. The fourth-order valence-electron chi connectivity index (χ4n) is 5.38. The van der Waals surface area contributed by atoms with E-state index in [1.807, 2.05) is 6.92 Å². The van der Waals surface area contributed by atoms with Gasteiger partial charge in [-0.1, -0.05) is 36.8 Å². The number of Topliss-reactive ketones (excluding diaryl/α,β-unsaturated/α-hetero) is 1. The number of carbonyl (C=O) groups excluding carboxylic acids is 2. The highest BCUT2D eigenvalue weighted by molar-refractivity contribution is 7.90. The van der Waals surface area contributed by atoms with Crippen LogP contribution in [-0.4, -0.2) is 50.5 Å². The average Bonchev–Trinajstić information content (AvgIpc) is 3.36. The van der Waals surface area contributed by atoms with E-state index in [2.05, 4.69) is 26.2 Å². The molecule has 36 heavy (non-hydrogen) atoms. The van der Waals surface area contributed by atoms with Crippen LogP contribution in [0.15, 0.2) is 49.1 Å². The van der Waals surface area contributed by atoms with Gasteiger partial charge in [0.25, 0.3) is 5.78 Å². The van der Waals surface area contributed by atoms with Gasteiger partial charge in [0.1, 0.15) is 11.2 Å². The van der Waals surface area contributed by atoms with Crippen LogP contribution >= 0.6 is 0 Å². The third kappa shape index (κ3) is 3.84. The molecule has 9 nitrogen and oxygen atoms in total. The fraction of sp³-hybridized carbons (Fsp3) is 0.385. The highest BCUT2D eigenvalue weighted by Crippen LogP contribution is 2.40. The van der Waals surface area contributed by atoms with E-state index in [4.69, 9.17) is 0 Å². The van der Waals surface area contributed by atoms with Crippen molar-refractivity contribution in [3.63, 3.8) is 0 Å². The number of hydrogen-bond donors (Lipinski definition) is 1. The Morgan fingerprint density at radius 1 is 1.06 bits per heavy atom. The van der Waals surface area contributed by atoms with Crippen molar-refractivity contribution >= 4 is 43.8 Å². The van der Waals surface area contributed by atoms with Crippen LogP contribution in [0, 0.1) is 12.8 Å². The molecule has 0 amide bonds. The molecule has 0 spiro atoms. The lowest BCUT2D eigenvalue weighted by molar-refractivity contribution is 0.0768. The molecule has 3 aromatic heterocycles. The van der Waals surface area contributed by atoms with Crippen molar-refractivity contribution in [1.82, 2.24) is 23.8 Å². The van der Waals surface area contributed by atoms with Gasteiger partial charge in [0.15, 0.2) is 0 Å². The number of imidazole rings is 1. The lowest BCUT2D eigenvalue weighted by Gasteiger charge is -2.18. The van der Waals surface area contributed by atoms with Crippen LogP contribution in [0.1, 0.15) is 59.4 Å². The van der Waals surface area contributed by atoms with Crippen molar-refractivity contribution in [3.8, 4) is 0 Å². The van der Waals surface area contributed by atoms with Gasteiger partial charge in [0, 0.05) is 29.2 Å². The minimum absolute atomic E-state index is 0.0424. The highest BCUT2D eigenvalue weighted by Gasteiger charge is 2.41. The summed E-state index contributed by atoms with van der Waals surface area (Å²) in [5.41, 5.74) is 3.25. The summed E-state index contributed by atoms with van der Waals surface area (Å²) < 4.78 is 31.2. The van der Waals surface area contributed by atoms with Crippen LogP contribution in [0.3, 0.4) is 0 Å². The van der Waals surface area contributed by atoms with E-state index in [1.165, 1.54) is 4.57 Å². The number of ketones is 1. The first-order valence-corrected chi connectivity index (χ1v) is 13.8. The Morgan fingerprint density at radius 2 is 1.81 bits per heavy atom. The smallest absolute Gasteiger partial charge is 0.304 e. The number of nitrogens with one attached hydrogen (secondary N) is 1. The topological polar surface area (TPSA) is 116 Å². The number of aryl methyl sites for hydroxylation is 1. The van der Waals surface area contributed by atoms with Crippen LogP contribution in [0.25, 0.3) is 22.1 Å². The standard InChI is InChI=1S/C26H27N5O4S/c1-15-3-5-17(6-4-15)24(32)26(33)30-10-9-20-23-21(13-27-25(20)30)28-14-31(23)22-12-18(11-16(22)2)29-36(34,35)19-7-8-19/h3-6,9-10,13-14,16,18-19,22,29H,7-8,11-12H2,1-2H3. The maximum atomic E-state index is 13.1. The van der Waals surface area contributed by atoms with Gasteiger partial charge in [-0.3, -0.25) is 14.2 Å². The zero-order valence-corrected chi connectivity index (χ0v) is 20.9. The Balaban J connectivity index is 1.33. The summed E-state index contributed by atoms with van der Waals surface area (Å²) in [5, 5.41) is 0.482. The molecule has 2 fully saturated rings. The van der Waals surface area contributed by atoms with Gasteiger partial charge in [-0.05, 0) is 44.6 Å². The summed E-state index contributed by atoms with van der Waals surface area (Å²) in [7, 11) is -3.26. The molecular weight excluding hydrogens is 478 g/mol. The summed E-state index contributed by atoms with van der Waals surface area (Å²) in [6.45, 7) is 4.04. The summed E-state index contributed by atoms with van der Waals surface area (Å²) in [5.74, 6) is -1.04. The second-order valence-corrected chi connectivity index (χ2v) is 12.1. The predicted octanol–water partition coefficient (Wildman–Crippen LogP) is 3.64. The van der Waals surface area contributed by atoms with E-state index in [1.54, 1.807) is 49.1 Å². The number of hydrogen-bond acceptors (Lipinski definition) is 6. The van der Waals surface area contributed by atoms with E-state index < -0.39 is 21.7 Å². The molecular formula is C26H27N5O4S. The number of aromatic nitrogens is 4. The maximum absolute atomic E-state index is 13.1. The van der Waals surface area contributed by atoms with Crippen molar-refractivity contribution in [3.05, 3.63) is 60.2 Å². The molecule has 2 saturated carbocycles. The molecule has 3 heterocycles. The molecule has 186 valence electrons. The molecule has 6 rings (SSSR count). The third-order valence-corrected chi connectivity index (χ3v) is 9.47. The van der Waals surface area contributed by atoms with E-state index in [0.717, 1.165) is 35.7 Å². The Morgan fingerprint density at radius 3 is 2.53 bits per heavy atom. The molecule has 10 heteroatoms. The van der Waals surface area contributed by atoms with Gasteiger partial charge >= 0.3 is 5.91 Å². The molecule has 0 aliphatic heterocycles. The van der Waals surface area contributed by atoms with E-state index in [0.29, 0.717) is 23.1 Å². The maximum Gasteiger partial charge on any atom is 0.304 e. The quantitative estimate of drug-likeness (QED) is 0.316. The number of carbonyl (C=O) groups is 2. The Bertz CT molecular complexity index is 1620. The zero-order chi connectivity index (χ0) is 25.2. The monoisotopic (exact) mass is 505 g/mol. The SMILES string of the molecule is Cc1ccc(C(=O)C(=O)n2ccc3c2ncc2ncn(C4CC(NS(=O)(=O)C5CC5)CC4C)c23)cc1. The lowest BCUT2D eigenvalue weighted by atomic mass is 10.1. The van der Waals surface area contributed by atoms with Crippen LogP contribution in [0.5, 0.6) is 0 Å². The molecule has 3 atom stereocenters. The summed E-state index contributed by atoms with van der Waals surface area (Å²) in [4.78, 5) is 34.9. The predicted molar refractivity (Wildman–Crippen MR) is 135 cm³/mol. The van der Waals surface area contributed by atoms with Crippen molar-refractivity contribution in [2.45, 2.75) is 56.9 Å². The van der Waals surface area contributed by atoms with Crippen molar-refractivity contribution in [2.75, 3.05) is 0 Å². The van der Waals surface area contributed by atoms with Crippen molar-refractivity contribution in [2.24, 2.45) is 5.92 Å². The minimum atomic E-state index is -3.26. The largest absolute Gasteiger partial charge is 0.326 e. The van der Waals surface area contributed by atoms with Crippen LogP contribution < -0.4 is 4.72 Å². The van der Waals surface area contributed by atoms with Crippen molar-refractivity contribution in [1.29, 1.82) is 0 Å². The normalized spacial score (nSPS) is 22.4. The van der Waals surface area contributed by atoms with Gasteiger partial charge < -0.3 is 4.57 Å². The third-order valence-electron chi connectivity index (χ3n) is 7.46. The number of benzene rings is 1. The number of nitrogens with zero attached hydrogens (tertiary/aromatic N) is 4. The molecule has 0 saturated heterocycles. The lowest BCUT2D eigenvalue weighted by Crippen LogP contribution is -2.35. The number of fused-ring (bicyclic) bond motifs is 3. The molecule has 1 N–H and O–H groups in total. The van der Waals surface area contributed by atoms with E-state index in [9.17, 15) is 18.0 Å². The number of rotatable bonds is 6. The minimum Gasteiger partial charge on any atom is -0.326 e. The van der Waals surface area contributed by atoms with Crippen molar-refractivity contribution < 1.29 is 18.0 Å². The van der Waals surface area contributed by atoms with Gasteiger partial charge in [-0.15, -0.1) is 0 Å². The average molecular weight is 506 g/mol. The zero-order valence-electron chi connectivity index (χ0n) is 20.1. The first kappa shape index (κ1) is 23.1. The number of pyridine rings is 1. The van der Waals surface area contributed by atoms with Gasteiger partial charge in [0.05, 0.1) is 23.3 Å². The molecule has 3 unspecified atom stereocenters.